The normalized spacial score (nSPS) is 19.5. The Morgan fingerprint density at radius 1 is 1.41 bits per heavy atom. The van der Waals surface area contributed by atoms with Crippen LogP contribution in [0.2, 0.25) is 0 Å². The number of nitrogens with zero attached hydrogens (tertiary/aromatic N) is 2. The Morgan fingerprint density at radius 2 is 2.09 bits per heavy atom. The second kappa shape index (κ2) is 7.88. The lowest BCUT2D eigenvalue weighted by atomic mass is 10.1. The average molecular weight is 322 g/mol. The van der Waals surface area contributed by atoms with Crippen LogP contribution in [0.5, 0.6) is 5.75 Å². The highest BCUT2D eigenvalue weighted by Gasteiger charge is 2.29. The van der Waals surface area contributed by atoms with E-state index in [1.165, 1.54) is 0 Å². The minimum Gasteiger partial charge on any atom is -0.497 e. The summed E-state index contributed by atoms with van der Waals surface area (Å²) in [4.78, 5) is 17.9. The Kier molecular flexibility index (Phi) is 6.15. The fraction of sp³-hybridized carbons (Fsp3) is 0.588. The van der Waals surface area contributed by atoms with Crippen molar-refractivity contribution in [3.63, 3.8) is 0 Å². The highest BCUT2D eigenvalue weighted by atomic mass is 32.2. The van der Waals surface area contributed by atoms with E-state index < -0.39 is 0 Å². The summed E-state index contributed by atoms with van der Waals surface area (Å²) in [6.07, 6.45) is 1.11. The second-order valence-corrected chi connectivity index (χ2v) is 7.55. The zero-order chi connectivity index (χ0) is 16.1. The van der Waals surface area contributed by atoms with Gasteiger partial charge in [0, 0.05) is 24.5 Å². The zero-order valence-electron chi connectivity index (χ0n) is 13.9. The van der Waals surface area contributed by atoms with Gasteiger partial charge in [-0.15, -0.1) is 11.8 Å². The number of amides is 1. The molecule has 1 aromatic carbocycles. The fourth-order valence-electron chi connectivity index (χ4n) is 2.86. The van der Waals surface area contributed by atoms with Crippen LogP contribution in [-0.4, -0.2) is 61.8 Å². The maximum Gasteiger partial charge on any atom is 0.235 e. The van der Waals surface area contributed by atoms with Gasteiger partial charge in [0.25, 0.3) is 0 Å². The molecule has 0 N–H and O–H groups in total. The van der Waals surface area contributed by atoms with Crippen LogP contribution in [0.1, 0.15) is 13.3 Å². The van der Waals surface area contributed by atoms with E-state index in [9.17, 15) is 4.79 Å². The molecule has 0 spiro atoms. The van der Waals surface area contributed by atoms with E-state index >= 15 is 0 Å². The Labute approximate surface area is 137 Å². The van der Waals surface area contributed by atoms with Crippen LogP contribution >= 0.6 is 11.8 Å². The molecule has 4 nitrogen and oxygen atoms in total. The van der Waals surface area contributed by atoms with Crippen LogP contribution < -0.4 is 4.74 Å². The number of carbonyl (C=O) groups excluding carboxylic acids is 1. The predicted molar refractivity (Wildman–Crippen MR) is 91.6 cm³/mol. The minimum atomic E-state index is -0.0495. The molecule has 0 bridgehead atoms. The van der Waals surface area contributed by atoms with Gasteiger partial charge in [0.2, 0.25) is 5.91 Å². The number of thioether (sulfide) groups is 1. The number of carbonyl (C=O) groups is 1. The lowest BCUT2D eigenvalue weighted by molar-refractivity contribution is -0.129. The smallest absolute Gasteiger partial charge is 0.235 e. The Bertz CT molecular complexity index is 490. The molecule has 2 unspecified atom stereocenters. The van der Waals surface area contributed by atoms with E-state index in [1.807, 2.05) is 36.1 Å². The van der Waals surface area contributed by atoms with E-state index in [4.69, 9.17) is 4.74 Å². The van der Waals surface area contributed by atoms with Crippen molar-refractivity contribution in [3.05, 3.63) is 24.3 Å². The molecule has 1 aliphatic rings. The number of rotatable bonds is 6. The first kappa shape index (κ1) is 17.2. The number of methoxy groups -OCH3 is 1. The van der Waals surface area contributed by atoms with Gasteiger partial charge in [-0.25, -0.2) is 0 Å². The standard InChI is InChI=1S/C17H26N2O2S/c1-13(22-16-7-5-15(21-4)6-8-16)17(20)19-10-9-14(12-19)11-18(2)3/h5-8,13-14H,9-12H2,1-4H3. The van der Waals surface area contributed by atoms with Crippen LogP contribution in [0, 0.1) is 5.92 Å². The third-order valence-electron chi connectivity index (χ3n) is 3.94. The summed E-state index contributed by atoms with van der Waals surface area (Å²) in [5.74, 6) is 1.70. The molecule has 1 amide bonds. The fourth-order valence-corrected chi connectivity index (χ4v) is 3.82. The van der Waals surface area contributed by atoms with E-state index in [-0.39, 0.29) is 11.2 Å². The van der Waals surface area contributed by atoms with Gasteiger partial charge in [-0.3, -0.25) is 4.79 Å². The predicted octanol–water partition coefficient (Wildman–Crippen LogP) is 2.59. The van der Waals surface area contributed by atoms with Crippen LogP contribution in [0.4, 0.5) is 0 Å². The van der Waals surface area contributed by atoms with Crippen LogP contribution in [-0.2, 0) is 4.79 Å². The van der Waals surface area contributed by atoms with Gasteiger partial charge < -0.3 is 14.5 Å². The highest BCUT2D eigenvalue weighted by molar-refractivity contribution is 8.00. The molecule has 1 heterocycles. The molecule has 0 aliphatic carbocycles. The van der Waals surface area contributed by atoms with Gasteiger partial charge in [0.15, 0.2) is 0 Å². The topological polar surface area (TPSA) is 32.8 Å². The molecule has 0 saturated carbocycles. The molecule has 1 fully saturated rings. The van der Waals surface area contributed by atoms with Crippen molar-refractivity contribution in [3.8, 4) is 5.75 Å². The SMILES string of the molecule is COc1ccc(SC(C)C(=O)N2CCC(CN(C)C)C2)cc1. The van der Waals surface area contributed by atoms with E-state index in [0.29, 0.717) is 5.92 Å². The number of hydrogen-bond acceptors (Lipinski definition) is 4. The number of ether oxygens (including phenoxy) is 1. The molecule has 122 valence electrons. The zero-order valence-corrected chi connectivity index (χ0v) is 14.7. The molecule has 0 aromatic heterocycles. The molecule has 1 aliphatic heterocycles. The molecule has 2 atom stereocenters. The van der Waals surface area contributed by atoms with E-state index in [2.05, 4.69) is 19.0 Å². The third kappa shape index (κ3) is 4.65. The van der Waals surface area contributed by atoms with Crippen LogP contribution in [0.25, 0.3) is 0 Å². The lowest BCUT2D eigenvalue weighted by Gasteiger charge is -2.21. The van der Waals surface area contributed by atoms with Gasteiger partial charge in [-0.2, -0.15) is 0 Å². The molecular formula is C17H26N2O2S. The summed E-state index contributed by atoms with van der Waals surface area (Å²) in [7, 11) is 5.84. The van der Waals surface area contributed by atoms with Crippen molar-refractivity contribution < 1.29 is 9.53 Å². The summed E-state index contributed by atoms with van der Waals surface area (Å²) in [6.45, 7) is 4.84. The molecule has 5 heteroatoms. The molecule has 2 rings (SSSR count). The third-order valence-corrected chi connectivity index (χ3v) is 5.04. The Balaban J connectivity index is 1.86. The maximum absolute atomic E-state index is 12.6. The Hall–Kier alpha value is -1.20. The van der Waals surface area contributed by atoms with Gasteiger partial charge in [0.05, 0.1) is 12.4 Å². The van der Waals surface area contributed by atoms with Gasteiger partial charge in [-0.05, 0) is 57.6 Å². The summed E-state index contributed by atoms with van der Waals surface area (Å²) in [5.41, 5.74) is 0. The van der Waals surface area contributed by atoms with Gasteiger partial charge >= 0.3 is 0 Å². The van der Waals surface area contributed by atoms with Crippen molar-refractivity contribution in [1.29, 1.82) is 0 Å². The summed E-state index contributed by atoms with van der Waals surface area (Å²) < 4.78 is 5.16. The van der Waals surface area contributed by atoms with Gasteiger partial charge in [-0.1, -0.05) is 0 Å². The van der Waals surface area contributed by atoms with Gasteiger partial charge in [0.1, 0.15) is 5.75 Å². The quantitative estimate of drug-likeness (QED) is 0.754. The second-order valence-electron chi connectivity index (χ2n) is 6.14. The van der Waals surface area contributed by atoms with Crippen LogP contribution in [0.15, 0.2) is 29.2 Å². The lowest BCUT2D eigenvalue weighted by Crippen LogP contribution is -2.35. The minimum absolute atomic E-state index is 0.0495. The largest absolute Gasteiger partial charge is 0.497 e. The molecule has 0 radical (unpaired) electrons. The van der Waals surface area contributed by atoms with E-state index in [1.54, 1.807) is 18.9 Å². The van der Waals surface area contributed by atoms with Crippen molar-refractivity contribution >= 4 is 17.7 Å². The van der Waals surface area contributed by atoms with Crippen molar-refractivity contribution in [2.45, 2.75) is 23.5 Å². The summed E-state index contributed by atoms with van der Waals surface area (Å²) >= 11 is 1.62. The molecule has 1 saturated heterocycles. The molecular weight excluding hydrogens is 296 g/mol. The monoisotopic (exact) mass is 322 g/mol. The van der Waals surface area contributed by atoms with E-state index in [0.717, 1.165) is 36.7 Å². The van der Waals surface area contributed by atoms with Crippen molar-refractivity contribution in [1.82, 2.24) is 9.80 Å². The number of likely N-dealkylation sites (tertiary alicyclic amines) is 1. The highest BCUT2D eigenvalue weighted by Crippen LogP contribution is 2.28. The van der Waals surface area contributed by atoms with Crippen molar-refractivity contribution in [2.75, 3.05) is 40.8 Å². The van der Waals surface area contributed by atoms with Crippen molar-refractivity contribution in [2.24, 2.45) is 5.92 Å². The summed E-state index contributed by atoms with van der Waals surface area (Å²) in [6, 6.07) is 7.88. The Morgan fingerprint density at radius 3 is 2.68 bits per heavy atom. The summed E-state index contributed by atoms with van der Waals surface area (Å²) in [5, 5.41) is -0.0495. The number of hydrogen-bond donors (Lipinski definition) is 0. The first-order valence-electron chi connectivity index (χ1n) is 7.74. The average Bonchev–Trinajstić information content (AvgIpc) is 2.94. The molecule has 1 aromatic rings. The molecule has 22 heavy (non-hydrogen) atoms. The number of benzene rings is 1. The first-order chi connectivity index (χ1) is 10.5. The maximum atomic E-state index is 12.6. The first-order valence-corrected chi connectivity index (χ1v) is 8.61. The van der Waals surface area contributed by atoms with Crippen LogP contribution in [0.3, 0.4) is 0 Å².